The molecule has 0 aromatic heterocycles. The average molecular weight is 206 g/mol. The Labute approximate surface area is 95.1 Å². The fourth-order valence-corrected chi connectivity index (χ4v) is 3.61. The van der Waals surface area contributed by atoms with Crippen LogP contribution in [0.3, 0.4) is 0 Å². The predicted octanol–water partition coefficient (Wildman–Crippen LogP) is 4.81. The molecule has 0 aromatic rings. The van der Waals surface area contributed by atoms with Gasteiger partial charge in [-0.3, -0.25) is 0 Å². The van der Waals surface area contributed by atoms with Gasteiger partial charge in [0.15, 0.2) is 0 Å². The van der Waals surface area contributed by atoms with Gasteiger partial charge in [0.05, 0.1) is 0 Å². The third-order valence-corrected chi connectivity index (χ3v) is 4.88. The molecule has 0 unspecified atom stereocenters. The van der Waals surface area contributed by atoms with Crippen LogP contribution >= 0.6 is 0 Å². The van der Waals surface area contributed by atoms with Crippen molar-refractivity contribution < 1.29 is 0 Å². The summed E-state index contributed by atoms with van der Waals surface area (Å²) in [6.07, 6.45) is 14.0. The summed E-state index contributed by atoms with van der Waals surface area (Å²) in [5.41, 5.74) is 0. The van der Waals surface area contributed by atoms with Crippen LogP contribution in [-0.2, 0) is 0 Å². The lowest BCUT2D eigenvalue weighted by Gasteiger charge is -2.36. The molecule has 86 valence electrons. The number of hydrogen-bond donors (Lipinski definition) is 0. The first kappa shape index (κ1) is 11.2. The van der Waals surface area contributed by atoms with E-state index in [0.29, 0.717) is 0 Å². The van der Waals surface area contributed by atoms with Gasteiger partial charge < -0.3 is 0 Å². The van der Waals surface area contributed by atoms with Crippen molar-refractivity contribution in [2.75, 3.05) is 0 Å². The van der Waals surface area contributed by atoms with Crippen LogP contribution in [0.25, 0.3) is 0 Å². The van der Waals surface area contributed by atoms with Gasteiger partial charge in [0.2, 0.25) is 0 Å². The molecular weight excluding hydrogens is 180 g/mol. The Kier molecular flexibility index (Phi) is 3.88. The fraction of sp³-hybridized carbons (Fsp3) is 0.867. The van der Waals surface area contributed by atoms with Gasteiger partial charge in [-0.15, -0.1) is 6.58 Å². The molecule has 2 aliphatic rings. The molecule has 2 fully saturated rings. The fourth-order valence-electron chi connectivity index (χ4n) is 3.61. The summed E-state index contributed by atoms with van der Waals surface area (Å²) in [5.74, 6) is 3.98. The van der Waals surface area contributed by atoms with E-state index in [1.807, 2.05) is 0 Å². The topological polar surface area (TPSA) is 0 Å². The minimum Gasteiger partial charge on any atom is -0.103 e. The highest BCUT2D eigenvalue weighted by atomic mass is 14.3. The zero-order valence-electron chi connectivity index (χ0n) is 10.3. The SMILES string of the molecule is C=CC1CCC(C2CCC(C)CC2)CC1. The maximum absolute atomic E-state index is 3.93. The molecule has 0 bridgehead atoms. The van der Waals surface area contributed by atoms with E-state index in [9.17, 15) is 0 Å². The summed E-state index contributed by atoms with van der Waals surface area (Å²) in [5, 5.41) is 0. The molecule has 0 nitrogen and oxygen atoms in total. The molecule has 0 saturated heterocycles. The minimum absolute atomic E-state index is 0.837. The lowest BCUT2D eigenvalue weighted by Crippen LogP contribution is -2.24. The van der Waals surface area contributed by atoms with Crippen LogP contribution in [0.5, 0.6) is 0 Å². The third kappa shape index (κ3) is 2.86. The Bertz CT molecular complexity index is 190. The Hall–Kier alpha value is -0.260. The average Bonchev–Trinajstić information content (AvgIpc) is 2.30. The molecule has 0 atom stereocenters. The first-order valence-corrected chi connectivity index (χ1v) is 6.92. The van der Waals surface area contributed by atoms with Crippen molar-refractivity contribution in [1.29, 1.82) is 0 Å². The standard InChI is InChI=1S/C15H26/c1-3-13-6-10-15(11-7-13)14-8-4-12(2)5-9-14/h3,12-15H,1,4-11H2,2H3. The predicted molar refractivity (Wildman–Crippen MR) is 66.8 cm³/mol. The molecule has 0 aromatic carbocycles. The first-order chi connectivity index (χ1) is 7.29. The Morgan fingerprint density at radius 2 is 1.27 bits per heavy atom. The molecular formula is C15H26. The molecule has 2 aliphatic carbocycles. The van der Waals surface area contributed by atoms with Crippen molar-refractivity contribution in [3.63, 3.8) is 0 Å². The molecule has 0 amide bonds. The van der Waals surface area contributed by atoms with Crippen molar-refractivity contribution in [2.24, 2.45) is 23.7 Å². The zero-order valence-corrected chi connectivity index (χ0v) is 10.3. The number of rotatable bonds is 2. The van der Waals surface area contributed by atoms with Gasteiger partial charge in [-0.25, -0.2) is 0 Å². The van der Waals surface area contributed by atoms with Crippen molar-refractivity contribution >= 4 is 0 Å². The summed E-state index contributed by atoms with van der Waals surface area (Å²) in [6.45, 7) is 6.35. The van der Waals surface area contributed by atoms with Crippen LogP contribution in [0.15, 0.2) is 12.7 Å². The summed E-state index contributed by atoms with van der Waals surface area (Å²) in [4.78, 5) is 0. The van der Waals surface area contributed by atoms with Crippen LogP contribution in [-0.4, -0.2) is 0 Å². The largest absolute Gasteiger partial charge is 0.103 e. The Morgan fingerprint density at radius 3 is 1.73 bits per heavy atom. The van der Waals surface area contributed by atoms with Crippen LogP contribution in [0.4, 0.5) is 0 Å². The van der Waals surface area contributed by atoms with E-state index in [1.54, 1.807) is 0 Å². The first-order valence-electron chi connectivity index (χ1n) is 6.92. The van der Waals surface area contributed by atoms with Crippen molar-refractivity contribution in [2.45, 2.75) is 58.3 Å². The van der Waals surface area contributed by atoms with E-state index in [1.165, 1.54) is 51.4 Å². The van der Waals surface area contributed by atoms with E-state index >= 15 is 0 Å². The van der Waals surface area contributed by atoms with Gasteiger partial charge >= 0.3 is 0 Å². The van der Waals surface area contributed by atoms with Crippen molar-refractivity contribution in [3.8, 4) is 0 Å². The van der Waals surface area contributed by atoms with Gasteiger partial charge in [-0.2, -0.15) is 0 Å². The summed E-state index contributed by atoms with van der Waals surface area (Å²) < 4.78 is 0. The lowest BCUT2D eigenvalue weighted by atomic mass is 9.69. The lowest BCUT2D eigenvalue weighted by molar-refractivity contribution is 0.160. The maximum Gasteiger partial charge on any atom is -0.0236 e. The van der Waals surface area contributed by atoms with Gasteiger partial charge in [0.25, 0.3) is 0 Å². The molecule has 15 heavy (non-hydrogen) atoms. The quantitative estimate of drug-likeness (QED) is 0.569. The van der Waals surface area contributed by atoms with Crippen molar-refractivity contribution in [1.82, 2.24) is 0 Å². The second kappa shape index (κ2) is 5.18. The third-order valence-electron chi connectivity index (χ3n) is 4.88. The van der Waals surface area contributed by atoms with E-state index in [4.69, 9.17) is 0 Å². The second-order valence-corrected chi connectivity index (χ2v) is 5.93. The van der Waals surface area contributed by atoms with Crippen LogP contribution in [0.1, 0.15) is 58.3 Å². The zero-order chi connectivity index (χ0) is 10.7. The van der Waals surface area contributed by atoms with Crippen LogP contribution in [0, 0.1) is 23.7 Å². The molecule has 0 radical (unpaired) electrons. The Balaban J connectivity index is 1.78. The van der Waals surface area contributed by atoms with Gasteiger partial charge in [0, 0.05) is 0 Å². The monoisotopic (exact) mass is 206 g/mol. The highest BCUT2D eigenvalue weighted by Crippen LogP contribution is 2.41. The van der Waals surface area contributed by atoms with Gasteiger partial charge in [-0.05, 0) is 62.2 Å². The highest BCUT2D eigenvalue weighted by Gasteiger charge is 2.28. The van der Waals surface area contributed by atoms with Crippen LogP contribution < -0.4 is 0 Å². The van der Waals surface area contributed by atoms with E-state index in [0.717, 1.165) is 23.7 Å². The van der Waals surface area contributed by atoms with E-state index < -0.39 is 0 Å². The molecule has 0 heteroatoms. The summed E-state index contributed by atoms with van der Waals surface area (Å²) in [7, 11) is 0. The van der Waals surface area contributed by atoms with E-state index in [-0.39, 0.29) is 0 Å². The summed E-state index contributed by atoms with van der Waals surface area (Å²) in [6, 6.07) is 0. The molecule has 0 spiro atoms. The minimum atomic E-state index is 0.837. The van der Waals surface area contributed by atoms with E-state index in [2.05, 4.69) is 19.6 Å². The molecule has 0 aliphatic heterocycles. The maximum atomic E-state index is 3.93. The smallest absolute Gasteiger partial charge is 0.0236 e. The van der Waals surface area contributed by atoms with Crippen molar-refractivity contribution in [3.05, 3.63) is 12.7 Å². The Morgan fingerprint density at radius 1 is 0.800 bits per heavy atom. The van der Waals surface area contributed by atoms with Gasteiger partial charge in [0.1, 0.15) is 0 Å². The van der Waals surface area contributed by atoms with Crippen LogP contribution in [0.2, 0.25) is 0 Å². The number of allylic oxidation sites excluding steroid dienone is 1. The second-order valence-electron chi connectivity index (χ2n) is 5.93. The molecule has 2 saturated carbocycles. The normalized spacial score (nSPS) is 42.5. The molecule has 2 rings (SSSR count). The number of hydrogen-bond acceptors (Lipinski definition) is 0. The summed E-state index contributed by atoms with van der Waals surface area (Å²) >= 11 is 0. The molecule has 0 N–H and O–H groups in total. The highest BCUT2D eigenvalue weighted by molar-refractivity contribution is 4.87. The van der Waals surface area contributed by atoms with Gasteiger partial charge in [-0.1, -0.05) is 25.8 Å². The molecule has 0 heterocycles.